The molecule has 6 nitrogen and oxygen atoms in total. The van der Waals surface area contributed by atoms with Gasteiger partial charge < -0.3 is 16.0 Å². The molecule has 0 aliphatic rings. The lowest BCUT2D eigenvalue weighted by molar-refractivity contribution is 0.102. The van der Waals surface area contributed by atoms with Crippen LogP contribution in [0.15, 0.2) is 72.9 Å². The lowest BCUT2D eigenvalue weighted by atomic mass is 10.2. The first kappa shape index (κ1) is 17.2. The molecule has 130 valence electrons. The van der Waals surface area contributed by atoms with Gasteiger partial charge in [-0.05, 0) is 55.0 Å². The Morgan fingerprint density at radius 3 is 2.08 bits per heavy atom. The van der Waals surface area contributed by atoms with Gasteiger partial charge in [0, 0.05) is 23.1 Å². The van der Waals surface area contributed by atoms with E-state index in [2.05, 4.69) is 20.9 Å². The largest absolute Gasteiger partial charge is 0.323 e. The number of carbonyl (C=O) groups is 2. The zero-order valence-electron chi connectivity index (χ0n) is 14.2. The van der Waals surface area contributed by atoms with Gasteiger partial charge in [0.15, 0.2) is 0 Å². The number of anilines is 3. The van der Waals surface area contributed by atoms with Crippen LogP contribution in [0, 0.1) is 6.92 Å². The summed E-state index contributed by atoms with van der Waals surface area (Å²) in [6, 6.07) is 19.1. The van der Waals surface area contributed by atoms with Crippen LogP contribution < -0.4 is 16.0 Å². The predicted octanol–water partition coefficient (Wildman–Crippen LogP) is 4.29. The summed E-state index contributed by atoms with van der Waals surface area (Å²) < 4.78 is 0. The van der Waals surface area contributed by atoms with Gasteiger partial charge in [0.05, 0.1) is 0 Å². The topological polar surface area (TPSA) is 83.1 Å². The van der Waals surface area contributed by atoms with E-state index in [9.17, 15) is 9.59 Å². The van der Waals surface area contributed by atoms with Crippen molar-refractivity contribution in [3.8, 4) is 0 Å². The van der Waals surface area contributed by atoms with E-state index in [1.165, 1.54) is 0 Å². The third-order valence-electron chi connectivity index (χ3n) is 3.68. The van der Waals surface area contributed by atoms with Crippen molar-refractivity contribution >= 4 is 29.1 Å². The molecule has 0 aliphatic heterocycles. The van der Waals surface area contributed by atoms with E-state index in [1.54, 1.807) is 42.6 Å². The van der Waals surface area contributed by atoms with Crippen molar-refractivity contribution in [3.63, 3.8) is 0 Å². The molecule has 0 bridgehead atoms. The molecule has 0 saturated heterocycles. The number of urea groups is 1. The Kier molecular flexibility index (Phi) is 5.24. The molecule has 0 unspecified atom stereocenters. The van der Waals surface area contributed by atoms with Crippen LogP contribution in [0.2, 0.25) is 0 Å². The van der Waals surface area contributed by atoms with Gasteiger partial charge in [-0.1, -0.05) is 24.3 Å². The maximum Gasteiger partial charge on any atom is 0.323 e. The summed E-state index contributed by atoms with van der Waals surface area (Å²) in [4.78, 5) is 28.4. The number of aryl methyl sites for hydroxylation is 1. The molecule has 3 N–H and O–H groups in total. The number of benzene rings is 2. The molecule has 26 heavy (non-hydrogen) atoms. The number of carbonyl (C=O) groups excluding carboxylic acids is 2. The number of hydrogen-bond acceptors (Lipinski definition) is 3. The normalized spacial score (nSPS) is 10.0. The van der Waals surface area contributed by atoms with Crippen LogP contribution in [0.4, 0.5) is 22.0 Å². The van der Waals surface area contributed by atoms with Gasteiger partial charge in [-0.15, -0.1) is 0 Å². The molecule has 2 aromatic carbocycles. The van der Waals surface area contributed by atoms with E-state index in [4.69, 9.17) is 0 Å². The van der Waals surface area contributed by atoms with Crippen molar-refractivity contribution in [1.29, 1.82) is 0 Å². The highest BCUT2D eigenvalue weighted by atomic mass is 16.2. The number of amides is 3. The van der Waals surface area contributed by atoms with Crippen molar-refractivity contribution in [2.24, 2.45) is 0 Å². The molecular weight excluding hydrogens is 328 g/mol. The number of para-hydroxylation sites is 1. The lowest BCUT2D eigenvalue weighted by Gasteiger charge is -2.09. The fourth-order valence-corrected chi connectivity index (χ4v) is 2.32. The first-order valence-corrected chi connectivity index (χ1v) is 8.08. The molecule has 0 aliphatic carbocycles. The second-order valence-electron chi connectivity index (χ2n) is 5.65. The number of nitrogens with one attached hydrogen (secondary N) is 3. The summed E-state index contributed by atoms with van der Waals surface area (Å²) in [6.07, 6.45) is 1.63. The molecule has 0 fully saturated rings. The van der Waals surface area contributed by atoms with Crippen LogP contribution >= 0.6 is 0 Å². The predicted molar refractivity (Wildman–Crippen MR) is 102 cm³/mol. The first-order chi connectivity index (χ1) is 12.6. The SMILES string of the molecule is Cc1cccnc1NC(=O)c1ccc(NC(=O)Nc2ccccc2)cc1. The fraction of sp³-hybridized carbons (Fsp3) is 0.0500. The summed E-state index contributed by atoms with van der Waals surface area (Å²) in [5.41, 5.74) is 2.65. The third-order valence-corrected chi connectivity index (χ3v) is 3.68. The third kappa shape index (κ3) is 4.45. The zero-order valence-corrected chi connectivity index (χ0v) is 14.2. The van der Waals surface area contributed by atoms with Crippen LogP contribution in [0.3, 0.4) is 0 Å². The first-order valence-electron chi connectivity index (χ1n) is 8.08. The Balaban J connectivity index is 1.60. The molecule has 3 aromatic rings. The molecule has 3 rings (SSSR count). The van der Waals surface area contributed by atoms with Gasteiger partial charge in [-0.25, -0.2) is 9.78 Å². The van der Waals surface area contributed by atoms with E-state index < -0.39 is 0 Å². The Morgan fingerprint density at radius 1 is 0.769 bits per heavy atom. The van der Waals surface area contributed by atoms with Crippen LogP contribution in [0.5, 0.6) is 0 Å². The van der Waals surface area contributed by atoms with Gasteiger partial charge in [-0.3, -0.25) is 4.79 Å². The second kappa shape index (κ2) is 7.94. The van der Waals surface area contributed by atoms with Gasteiger partial charge >= 0.3 is 6.03 Å². The Bertz CT molecular complexity index is 909. The van der Waals surface area contributed by atoms with Gasteiger partial charge in [0.2, 0.25) is 0 Å². The molecule has 3 amide bonds. The minimum Gasteiger partial charge on any atom is -0.308 e. The molecule has 0 saturated carbocycles. The molecular formula is C20H18N4O2. The smallest absolute Gasteiger partial charge is 0.308 e. The quantitative estimate of drug-likeness (QED) is 0.659. The monoisotopic (exact) mass is 346 g/mol. The zero-order chi connectivity index (χ0) is 18.4. The van der Waals surface area contributed by atoms with Crippen LogP contribution in [-0.4, -0.2) is 16.9 Å². The van der Waals surface area contributed by atoms with Crippen molar-refractivity contribution in [2.75, 3.05) is 16.0 Å². The molecule has 0 radical (unpaired) electrons. The number of rotatable bonds is 4. The van der Waals surface area contributed by atoms with Gasteiger partial charge in [0.1, 0.15) is 5.82 Å². The van der Waals surface area contributed by atoms with Crippen LogP contribution in [0.1, 0.15) is 15.9 Å². The molecule has 1 aromatic heterocycles. The number of pyridine rings is 1. The lowest BCUT2D eigenvalue weighted by Crippen LogP contribution is -2.19. The molecule has 1 heterocycles. The van der Waals surface area contributed by atoms with E-state index in [0.29, 0.717) is 22.8 Å². The standard InChI is InChI=1S/C20H18N4O2/c1-14-6-5-13-21-18(14)24-19(25)15-9-11-17(12-10-15)23-20(26)22-16-7-3-2-4-8-16/h2-13H,1H3,(H,21,24,25)(H2,22,23,26). The minimum atomic E-state index is -0.350. The second-order valence-corrected chi connectivity index (χ2v) is 5.65. The summed E-state index contributed by atoms with van der Waals surface area (Å²) in [6.45, 7) is 1.88. The highest BCUT2D eigenvalue weighted by molar-refractivity contribution is 6.05. The molecule has 6 heteroatoms. The average molecular weight is 346 g/mol. The summed E-state index contributed by atoms with van der Waals surface area (Å²) in [7, 11) is 0. The van der Waals surface area contributed by atoms with Crippen LogP contribution in [-0.2, 0) is 0 Å². The summed E-state index contributed by atoms with van der Waals surface area (Å²) >= 11 is 0. The maximum absolute atomic E-state index is 12.3. The number of aromatic nitrogens is 1. The van der Waals surface area contributed by atoms with E-state index in [1.807, 2.05) is 37.3 Å². The van der Waals surface area contributed by atoms with Crippen molar-refractivity contribution < 1.29 is 9.59 Å². The van der Waals surface area contributed by atoms with Crippen molar-refractivity contribution in [1.82, 2.24) is 4.98 Å². The summed E-state index contributed by atoms with van der Waals surface area (Å²) in [5, 5.41) is 8.22. The number of nitrogens with zero attached hydrogens (tertiary/aromatic N) is 1. The Hall–Kier alpha value is -3.67. The fourth-order valence-electron chi connectivity index (χ4n) is 2.32. The van der Waals surface area contributed by atoms with Crippen LogP contribution in [0.25, 0.3) is 0 Å². The maximum atomic E-state index is 12.3. The number of hydrogen-bond donors (Lipinski definition) is 3. The van der Waals surface area contributed by atoms with E-state index in [0.717, 1.165) is 5.56 Å². The van der Waals surface area contributed by atoms with E-state index in [-0.39, 0.29) is 11.9 Å². The highest BCUT2D eigenvalue weighted by Crippen LogP contribution is 2.14. The Labute approximate surface area is 151 Å². The van der Waals surface area contributed by atoms with Gasteiger partial charge in [0.25, 0.3) is 5.91 Å². The minimum absolute atomic E-state index is 0.257. The molecule has 0 spiro atoms. The van der Waals surface area contributed by atoms with E-state index >= 15 is 0 Å². The van der Waals surface area contributed by atoms with Crippen molar-refractivity contribution in [2.45, 2.75) is 6.92 Å². The van der Waals surface area contributed by atoms with Crippen molar-refractivity contribution in [3.05, 3.63) is 84.1 Å². The summed E-state index contributed by atoms with van der Waals surface area (Å²) in [5.74, 6) is 0.272. The highest BCUT2D eigenvalue weighted by Gasteiger charge is 2.09. The average Bonchev–Trinajstić information content (AvgIpc) is 2.65. The van der Waals surface area contributed by atoms with Gasteiger partial charge in [-0.2, -0.15) is 0 Å². The molecule has 0 atom stereocenters. The Morgan fingerprint density at radius 2 is 1.42 bits per heavy atom.